The Morgan fingerprint density at radius 1 is 1.44 bits per heavy atom. The van der Waals surface area contributed by atoms with Gasteiger partial charge in [-0.05, 0) is 24.3 Å². The van der Waals surface area contributed by atoms with Crippen molar-refractivity contribution >= 4 is 11.6 Å². The van der Waals surface area contributed by atoms with Crippen molar-refractivity contribution in [2.75, 3.05) is 18.5 Å². The van der Waals surface area contributed by atoms with Gasteiger partial charge in [0.2, 0.25) is 5.91 Å². The van der Waals surface area contributed by atoms with E-state index in [-0.39, 0.29) is 19.1 Å². The molecule has 0 fully saturated rings. The van der Waals surface area contributed by atoms with E-state index in [4.69, 9.17) is 16.4 Å². The summed E-state index contributed by atoms with van der Waals surface area (Å²) in [5.41, 5.74) is 1.16. The maximum atomic E-state index is 11.3. The molecule has 1 rings (SSSR count). The number of hydrogen-bond acceptors (Lipinski definition) is 3. The molecular weight excluding hydrogens is 204 g/mol. The Morgan fingerprint density at radius 3 is 2.69 bits per heavy atom. The van der Waals surface area contributed by atoms with Gasteiger partial charge < -0.3 is 10.1 Å². The average Bonchev–Trinajstić information content (AvgIpc) is 2.30. The summed E-state index contributed by atoms with van der Waals surface area (Å²) >= 11 is 0. The third-order valence-corrected chi connectivity index (χ3v) is 1.72. The summed E-state index contributed by atoms with van der Waals surface area (Å²) in [6.45, 7) is 0.0327. The molecule has 0 unspecified atom stereocenters. The summed E-state index contributed by atoms with van der Waals surface area (Å²) in [5, 5.41) is 11.2. The molecule has 0 bridgehead atoms. The van der Waals surface area contributed by atoms with Crippen molar-refractivity contribution in [1.29, 1.82) is 5.26 Å². The van der Waals surface area contributed by atoms with Crippen molar-refractivity contribution < 1.29 is 9.53 Å². The number of carbonyl (C=O) groups excluding carboxylic acids is 1. The van der Waals surface area contributed by atoms with Crippen LogP contribution in [0.1, 0.15) is 5.56 Å². The minimum absolute atomic E-state index is 0.0792. The quantitative estimate of drug-likeness (QED) is 0.604. The average molecular weight is 214 g/mol. The Morgan fingerprint density at radius 2 is 2.12 bits per heavy atom. The van der Waals surface area contributed by atoms with E-state index in [2.05, 4.69) is 11.2 Å². The van der Waals surface area contributed by atoms with Gasteiger partial charge in [-0.25, -0.2) is 0 Å². The summed E-state index contributed by atoms with van der Waals surface area (Å²) in [7, 11) is 0. The zero-order valence-corrected chi connectivity index (χ0v) is 8.56. The van der Waals surface area contributed by atoms with Crippen LogP contribution in [0.4, 0.5) is 5.69 Å². The number of ether oxygens (including phenoxy) is 1. The van der Waals surface area contributed by atoms with Crippen molar-refractivity contribution in [2.45, 2.75) is 0 Å². The molecule has 0 spiro atoms. The monoisotopic (exact) mass is 214 g/mol. The molecule has 0 aliphatic rings. The van der Waals surface area contributed by atoms with Crippen molar-refractivity contribution in [1.82, 2.24) is 0 Å². The molecule has 0 aliphatic carbocycles. The van der Waals surface area contributed by atoms with Gasteiger partial charge >= 0.3 is 0 Å². The minimum atomic E-state index is -0.278. The van der Waals surface area contributed by atoms with Gasteiger partial charge in [0.25, 0.3) is 0 Å². The molecule has 0 radical (unpaired) electrons. The molecule has 4 nitrogen and oxygen atoms in total. The van der Waals surface area contributed by atoms with Gasteiger partial charge in [0.15, 0.2) is 0 Å². The molecule has 0 aliphatic heterocycles. The Labute approximate surface area is 93.8 Å². The number of amides is 1. The van der Waals surface area contributed by atoms with E-state index in [1.165, 1.54) is 0 Å². The number of nitriles is 1. The van der Waals surface area contributed by atoms with Crippen LogP contribution in [-0.4, -0.2) is 19.1 Å². The van der Waals surface area contributed by atoms with Crippen LogP contribution in [0.15, 0.2) is 24.3 Å². The van der Waals surface area contributed by atoms with Gasteiger partial charge in [-0.1, -0.05) is 5.92 Å². The van der Waals surface area contributed by atoms with Crippen LogP contribution in [0, 0.1) is 23.7 Å². The fourth-order valence-corrected chi connectivity index (χ4v) is 1.03. The lowest BCUT2D eigenvalue weighted by Crippen LogP contribution is -2.18. The molecule has 4 heteroatoms. The fraction of sp³-hybridized carbons (Fsp3) is 0.167. The van der Waals surface area contributed by atoms with Gasteiger partial charge in [0, 0.05) is 5.69 Å². The number of terminal acetylenes is 1. The molecule has 1 amide bonds. The second-order valence-electron chi connectivity index (χ2n) is 2.93. The van der Waals surface area contributed by atoms with E-state index < -0.39 is 0 Å². The molecule has 16 heavy (non-hydrogen) atoms. The first-order valence-corrected chi connectivity index (χ1v) is 4.57. The molecular formula is C12H10N2O2. The SMILES string of the molecule is C#CCOCC(=O)Nc1ccc(C#N)cc1. The summed E-state index contributed by atoms with van der Waals surface area (Å²) in [6, 6.07) is 8.54. The normalized spacial score (nSPS) is 8.88. The lowest BCUT2D eigenvalue weighted by molar-refractivity contribution is -0.120. The number of nitrogens with zero attached hydrogens (tertiary/aromatic N) is 1. The van der Waals surface area contributed by atoms with E-state index in [0.717, 1.165) is 0 Å². The van der Waals surface area contributed by atoms with Gasteiger partial charge in [0.1, 0.15) is 13.2 Å². The van der Waals surface area contributed by atoms with Crippen LogP contribution in [0.25, 0.3) is 0 Å². The highest BCUT2D eigenvalue weighted by Crippen LogP contribution is 2.08. The molecule has 1 aromatic rings. The molecule has 1 N–H and O–H groups in total. The summed E-state index contributed by atoms with van der Waals surface area (Å²) < 4.78 is 4.86. The number of carbonyl (C=O) groups is 1. The van der Waals surface area contributed by atoms with Crippen LogP contribution in [-0.2, 0) is 9.53 Å². The lowest BCUT2D eigenvalue weighted by Gasteiger charge is -2.04. The Kier molecular flexibility index (Phi) is 4.59. The van der Waals surface area contributed by atoms with Crippen molar-refractivity contribution in [3.8, 4) is 18.4 Å². The molecule has 0 atom stereocenters. The first kappa shape index (κ1) is 11.8. The molecule has 0 aromatic heterocycles. The van der Waals surface area contributed by atoms with Gasteiger partial charge in [-0.15, -0.1) is 6.42 Å². The Hall–Kier alpha value is -2.30. The Balaban J connectivity index is 2.45. The second-order valence-corrected chi connectivity index (χ2v) is 2.93. The van der Waals surface area contributed by atoms with Crippen LogP contribution >= 0.6 is 0 Å². The maximum Gasteiger partial charge on any atom is 0.250 e. The maximum absolute atomic E-state index is 11.3. The largest absolute Gasteiger partial charge is 0.359 e. The van der Waals surface area contributed by atoms with E-state index >= 15 is 0 Å². The fourth-order valence-electron chi connectivity index (χ4n) is 1.03. The molecule has 0 saturated heterocycles. The summed E-state index contributed by atoms with van der Waals surface area (Å²) in [5.74, 6) is 1.99. The zero-order chi connectivity index (χ0) is 11.8. The predicted molar refractivity (Wildman–Crippen MR) is 59.4 cm³/mol. The molecule has 1 aromatic carbocycles. The van der Waals surface area contributed by atoms with Crippen molar-refractivity contribution in [2.24, 2.45) is 0 Å². The summed E-state index contributed by atoms with van der Waals surface area (Å²) in [6.07, 6.45) is 4.96. The lowest BCUT2D eigenvalue weighted by atomic mass is 10.2. The summed E-state index contributed by atoms with van der Waals surface area (Å²) in [4.78, 5) is 11.3. The Bertz CT molecular complexity index is 438. The van der Waals surface area contributed by atoms with Crippen molar-refractivity contribution in [3.05, 3.63) is 29.8 Å². The third-order valence-electron chi connectivity index (χ3n) is 1.72. The number of rotatable bonds is 4. The highest BCUT2D eigenvalue weighted by Gasteiger charge is 2.01. The zero-order valence-electron chi connectivity index (χ0n) is 8.56. The van der Waals surface area contributed by atoms with Gasteiger partial charge in [0.05, 0.1) is 11.6 Å². The van der Waals surface area contributed by atoms with Crippen LogP contribution < -0.4 is 5.32 Å². The van der Waals surface area contributed by atoms with Crippen LogP contribution in [0.5, 0.6) is 0 Å². The third kappa shape index (κ3) is 3.83. The van der Waals surface area contributed by atoms with Crippen molar-refractivity contribution in [3.63, 3.8) is 0 Å². The van der Waals surface area contributed by atoms with E-state index in [1.54, 1.807) is 24.3 Å². The van der Waals surface area contributed by atoms with E-state index in [9.17, 15) is 4.79 Å². The van der Waals surface area contributed by atoms with E-state index in [1.807, 2.05) is 6.07 Å². The first-order chi connectivity index (χ1) is 7.76. The van der Waals surface area contributed by atoms with Gasteiger partial charge in [-0.3, -0.25) is 4.79 Å². The minimum Gasteiger partial charge on any atom is -0.359 e. The highest BCUT2D eigenvalue weighted by molar-refractivity contribution is 5.91. The first-order valence-electron chi connectivity index (χ1n) is 4.57. The second kappa shape index (κ2) is 6.23. The number of benzene rings is 1. The smallest absolute Gasteiger partial charge is 0.250 e. The highest BCUT2D eigenvalue weighted by atomic mass is 16.5. The standard InChI is InChI=1S/C12H10N2O2/c1-2-7-16-9-12(15)14-11-5-3-10(8-13)4-6-11/h1,3-6H,7,9H2,(H,14,15). The van der Waals surface area contributed by atoms with Crippen LogP contribution in [0.3, 0.4) is 0 Å². The van der Waals surface area contributed by atoms with E-state index in [0.29, 0.717) is 11.3 Å². The van der Waals surface area contributed by atoms with Gasteiger partial charge in [-0.2, -0.15) is 5.26 Å². The molecule has 0 heterocycles. The number of hydrogen-bond donors (Lipinski definition) is 1. The number of anilines is 1. The number of nitrogens with one attached hydrogen (secondary N) is 1. The topological polar surface area (TPSA) is 62.1 Å². The predicted octanol–water partition coefficient (Wildman–Crippen LogP) is 1.15. The molecule has 0 saturated carbocycles. The molecule has 80 valence electrons. The van der Waals surface area contributed by atoms with Crippen LogP contribution in [0.2, 0.25) is 0 Å².